The summed E-state index contributed by atoms with van der Waals surface area (Å²) in [5, 5.41) is 2.98. The Bertz CT molecular complexity index is 923. The molecular weight excluding hydrogens is 344 g/mol. The summed E-state index contributed by atoms with van der Waals surface area (Å²) in [5.74, 6) is -0.710. The molecule has 3 aromatic rings. The van der Waals surface area contributed by atoms with Crippen LogP contribution < -0.4 is 20.5 Å². The fourth-order valence-corrected chi connectivity index (χ4v) is 2.16. The number of nitrogens with two attached hydrogens (primary N) is 1. The Labute approximate surface area is 147 Å². The van der Waals surface area contributed by atoms with Crippen LogP contribution in [0, 0.1) is 11.6 Å². The van der Waals surface area contributed by atoms with Gasteiger partial charge in [-0.1, -0.05) is 12.1 Å². The highest BCUT2D eigenvalue weighted by Crippen LogP contribution is 2.25. The number of aromatic nitrogens is 3. The Morgan fingerprint density at radius 1 is 1.04 bits per heavy atom. The van der Waals surface area contributed by atoms with E-state index in [0.717, 1.165) is 12.1 Å². The Morgan fingerprint density at radius 2 is 1.85 bits per heavy atom. The molecule has 3 rings (SSSR count). The Balaban J connectivity index is 1.77. The third kappa shape index (κ3) is 4.12. The second-order valence-corrected chi connectivity index (χ2v) is 5.12. The van der Waals surface area contributed by atoms with Crippen LogP contribution in [-0.4, -0.2) is 22.1 Å². The minimum atomic E-state index is -0.820. The summed E-state index contributed by atoms with van der Waals surface area (Å²) < 4.78 is 37.1. The number of hydrogen-bond acceptors (Lipinski definition) is 7. The highest BCUT2D eigenvalue weighted by Gasteiger charge is 2.10. The first-order chi connectivity index (χ1) is 12.5. The van der Waals surface area contributed by atoms with Crippen molar-refractivity contribution in [2.45, 2.75) is 6.61 Å². The minimum absolute atomic E-state index is 0.0319. The fraction of sp³-hybridized carbons (Fsp3) is 0.118. The van der Waals surface area contributed by atoms with Gasteiger partial charge >= 0.3 is 0 Å². The Hall–Kier alpha value is -3.49. The maximum atomic E-state index is 13.6. The van der Waals surface area contributed by atoms with E-state index in [1.807, 2.05) is 12.1 Å². The van der Waals surface area contributed by atoms with E-state index in [0.29, 0.717) is 11.4 Å². The van der Waals surface area contributed by atoms with Gasteiger partial charge in [0, 0.05) is 6.07 Å². The van der Waals surface area contributed by atoms with Crippen molar-refractivity contribution in [2.75, 3.05) is 18.2 Å². The zero-order chi connectivity index (χ0) is 18.5. The highest BCUT2D eigenvalue weighted by atomic mass is 19.1. The van der Waals surface area contributed by atoms with E-state index < -0.39 is 11.6 Å². The number of hydrogen-bond donors (Lipinski definition) is 2. The predicted molar refractivity (Wildman–Crippen MR) is 91.2 cm³/mol. The van der Waals surface area contributed by atoms with Crippen LogP contribution >= 0.6 is 0 Å². The normalized spacial score (nSPS) is 10.4. The molecule has 1 heterocycles. The van der Waals surface area contributed by atoms with E-state index in [1.165, 1.54) is 6.07 Å². The van der Waals surface area contributed by atoms with Crippen molar-refractivity contribution in [1.29, 1.82) is 0 Å². The fourth-order valence-electron chi connectivity index (χ4n) is 2.16. The second-order valence-electron chi connectivity index (χ2n) is 5.12. The van der Waals surface area contributed by atoms with Gasteiger partial charge in [-0.2, -0.15) is 15.0 Å². The number of para-hydroxylation sites is 2. The van der Waals surface area contributed by atoms with Gasteiger partial charge in [-0.15, -0.1) is 0 Å². The SMILES string of the molecule is COc1ccccc1Nc1nc(N)nc(COc2ccc(F)cc2F)n1. The summed E-state index contributed by atoms with van der Waals surface area (Å²) in [7, 11) is 1.54. The molecule has 9 heteroatoms. The topological polar surface area (TPSA) is 95.2 Å². The number of nitrogen functional groups attached to an aromatic ring is 1. The van der Waals surface area contributed by atoms with Gasteiger partial charge in [-0.25, -0.2) is 8.78 Å². The lowest BCUT2D eigenvalue weighted by Crippen LogP contribution is -2.10. The number of nitrogens with one attached hydrogen (secondary N) is 1. The lowest BCUT2D eigenvalue weighted by atomic mass is 10.3. The molecule has 0 spiro atoms. The van der Waals surface area contributed by atoms with Crippen molar-refractivity contribution in [3.05, 3.63) is 59.9 Å². The van der Waals surface area contributed by atoms with Crippen molar-refractivity contribution in [2.24, 2.45) is 0 Å². The van der Waals surface area contributed by atoms with E-state index >= 15 is 0 Å². The first kappa shape index (κ1) is 17.3. The summed E-state index contributed by atoms with van der Waals surface area (Å²) in [6, 6.07) is 10.2. The van der Waals surface area contributed by atoms with Gasteiger partial charge in [0.05, 0.1) is 12.8 Å². The van der Waals surface area contributed by atoms with Crippen LogP contribution in [0.1, 0.15) is 5.82 Å². The van der Waals surface area contributed by atoms with E-state index in [9.17, 15) is 8.78 Å². The number of halogens is 2. The van der Waals surface area contributed by atoms with Crippen molar-refractivity contribution in [3.8, 4) is 11.5 Å². The van der Waals surface area contributed by atoms with Crippen LogP contribution in [-0.2, 0) is 6.61 Å². The number of ether oxygens (including phenoxy) is 2. The van der Waals surface area contributed by atoms with Crippen molar-refractivity contribution < 1.29 is 18.3 Å². The van der Waals surface area contributed by atoms with Crippen molar-refractivity contribution >= 4 is 17.6 Å². The van der Waals surface area contributed by atoms with Crippen LogP contribution in [0.25, 0.3) is 0 Å². The summed E-state index contributed by atoms with van der Waals surface area (Å²) in [5.41, 5.74) is 6.33. The van der Waals surface area contributed by atoms with E-state index in [1.54, 1.807) is 19.2 Å². The van der Waals surface area contributed by atoms with Gasteiger partial charge in [-0.3, -0.25) is 0 Å². The summed E-state index contributed by atoms with van der Waals surface area (Å²) in [6.07, 6.45) is 0. The average molecular weight is 359 g/mol. The molecule has 0 bridgehead atoms. The number of benzene rings is 2. The zero-order valence-electron chi connectivity index (χ0n) is 13.7. The van der Waals surface area contributed by atoms with Crippen LogP contribution in [0.2, 0.25) is 0 Å². The average Bonchev–Trinajstić information content (AvgIpc) is 2.61. The molecule has 0 aliphatic rings. The van der Waals surface area contributed by atoms with Gasteiger partial charge < -0.3 is 20.5 Å². The molecule has 0 atom stereocenters. The molecule has 26 heavy (non-hydrogen) atoms. The lowest BCUT2D eigenvalue weighted by molar-refractivity contribution is 0.280. The van der Waals surface area contributed by atoms with E-state index in [2.05, 4.69) is 20.3 Å². The van der Waals surface area contributed by atoms with Crippen LogP contribution in [0.3, 0.4) is 0 Å². The first-order valence-corrected chi connectivity index (χ1v) is 7.53. The minimum Gasteiger partial charge on any atom is -0.495 e. The molecule has 0 aliphatic heterocycles. The molecule has 7 nitrogen and oxygen atoms in total. The number of methoxy groups -OCH3 is 1. The third-order valence-corrected chi connectivity index (χ3v) is 3.30. The summed E-state index contributed by atoms with van der Waals surface area (Å²) in [4.78, 5) is 12.1. The molecule has 0 radical (unpaired) electrons. The standard InChI is InChI=1S/C17H15F2N5O2/c1-25-14-5-3-2-4-12(14)21-17-23-15(22-16(20)24-17)9-26-13-7-6-10(18)8-11(13)19/h2-8H,9H2,1H3,(H3,20,21,22,23,24). The number of nitrogens with zero attached hydrogens (tertiary/aromatic N) is 3. The van der Waals surface area contributed by atoms with Crippen LogP contribution in [0.15, 0.2) is 42.5 Å². The Morgan fingerprint density at radius 3 is 2.62 bits per heavy atom. The largest absolute Gasteiger partial charge is 0.495 e. The number of rotatable bonds is 6. The molecule has 134 valence electrons. The molecule has 3 N–H and O–H groups in total. The molecule has 0 fully saturated rings. The summed E-state index contributed by atoms with van der Waals surface area (Å²) >= 11 is 0. The van der Waals surface area contributed by atoms with E-state index in [-0.39, 0.29) is 30.1 Å². The first-order valence-electron chi connectivity index (χ1n) is 7.53. The molecule has 1 aromatic heterocycles. The summed E-state index contributed by atoms with van der Waals surface area (Å²) in [6.45, 7) is -0.171. The lowest BCUT2D eigenvalue weighted by Gasteiger charge is -2.11. The Kier molecular flexibility index (Phi) is 5.07. The van der Waals surface area contributed by atoms with E-state index in [4.69, 9.17) is 15.2 Å². The second kappa shape index (κ2) is 7.60. The molecular formula is C17H15F2N5O2. The van der Waals surface area contributed by atoms with Gasteiger partial charge in [0.2, 0.25) is 11.9 Å². The molecule has 0 saturated heterocycles. The van der Waals surface area contributed by atoms with Crippen molar-refractivity contribution in [3.63, 3.8) is 0 Å². The highest BCUT2D eigenvalue weighted by molar-refractivity contribution is 5.62. The zero-order valence-corrected chi connectivity index (χ0v) is 13.7. The van der Waals surface area contributed by atoms with Gasteiger partial charge in [0.15, 0.2) is 17.4 Å². The molecule has 0 unspecified atom stereocenters. The number of anilines is 3. The molecule has 2 aromatic carbocycles. The third-order valence-electron chi connectivity index (χ3n) is 3.30. The van der Waals surface area contributed by atoms with Gasteiger partial charge in [-0.05, 0) is 24.3 Å². The molecule has 0 saturated carbocycles. The predicted octanol–water partition coefficient (Wildman–Crippen LogP) is 3.06. The van der Waals surface area contributed by atoms with Gasteiger partial charge in [0.1, 0.15) is 18.2 Å². The van der Waals surface area contributed by atoms with Gasteiger partial charge in [0.25, 0.3) is 0 Å². The van der Waals surface area contributed by atoms with Crippen molar-refractivity contribution in [1.82, 2.24) is 15.0 Å². The maximum Gasteiger partial charge on any atom is 0.232 e. The maximum absolute atomic E-state index is 13.6. The van der Waals surface area contributed by atoms with Crippen LogP contribution in [0.5, 0.6) is 11.5 Å². The molecule has 0 aliphatic carbocycles. The quantitative estimate of drug-likeness (QED) is 0.698. The van der Waals surface area contributed by atoms with Crippen LogP contribution in [0.4, 0.5) is 26.4 Å². The smallest absolute Gasteiger partial charge is 0.232 e. The molecule has 0 amide bonds. The monoisotopic (exact) mass is 359 g/mol.